The van der Waals surface area contributed by atoms with Crippen molar-refractivity contribution in [2.45, 2.75) is 31.8 Å². The van der Waals surface area contributed by atoms with Gasteiger partial charge in [0.1, 0.15) is 0 Å². The molecule has 1 aromatic heterocycles. The Hall–Kier alpha value is -0.910. The summed E-state index contributed by atoms with van der Waals surface area (Å²) in [6, 6.07) is 4.09. The summed E-state index contributed by atoms with van der Waals surface area (Å²) in [5, 5.41) is 2.03. The van der Waals surface area contributed by atoms with E-state index in [2.05, 4.69) is 6.07 Å². The zero-order valence-electron chi connectivity index (χ0n) is 11.4. The van der Waals surface area contributed by atoms with E-state index < -0.39 is 0 Å². The van der Waals surface area contributed by atoms with E-state index in [1.54, 1.807) is 18.4 Å². The molecule has 2 N–H and O–H groups in total. The summed E-state index contributed by atoms with van der Waals surface area (Å²) < 4.78 is 5.08. The number of carbonyl (C=O) groups is 1. The van der Waals surface area contributed by atoms with Crippen molar-refractivity contribution >= 4 is 17.2 Å². The fourth-order valence-electron chi connectivity index (χ4n) is 2.11. The van der Waals surface area contributed by atoms with Crippen LogP contribution >= 0.6 is 11.3 Å². The smallest absolute Gasteiger partial charge is 0.224 e. The van der Waals surface area contributed by atoms with Gasteiger partial charge in [-0.05, 0) is 30.2 Å². The average Bonchev–Trinajstić information content (AvgIpc) is 3.13. The van der Waals surface area contributed by atoms with Crippen molar-refractivity contribution in [1.82, 2.24) is 4.90 Å². The maximum absolute atomic E-state index is 12.3. The zero-order chi connectivity index (χ0) is 13.7. The second kappa shape index (κ2) is 7.03. The van der Waals surface area contributed by atoms with Gasteiger partial charge in [-0.15, -0.1) is 11.3 Å². The molecule has 106 valence electrons. The van der Waals surface area contributed by atoms with Crippen LogP contribution in [0.15, 0.2) is 17.5 Å². The molecule has 1 unspecified atom stereocenters. The van der Waals surface area contributed by atoms with E-state index >= 15 is 0 Å². The first-order chi connectivity index (χ1) is 9.20. The normalized spacial score (nSPS) is 16.3. The first-order valence-corrected chi connectivity index (χ1v) is 7.63. The highest BCUT2D eigenvalue weighted by atomic mass is 32.1. The number of nitrogens with two attached hydrogens (primary N) is 1. The Morgan fingerprint density at radius 1 is 1.63 bits per heavy atom. The zero-order valence-corrected chi connectivity index (χ0v) is 12.2. The molecule has 2 rings (SSSR count). The minimum absolute atomic E-state index is 0.0286. The second-order valence-electron chi connectivity index (χ2n) is 5.09. The maximum Gasteiger partial charge on any atom is 0.224 e. The van der Waals surface area contributed by atoms with Gasteiger partial charge >= 0.3 is 0 Å². The molecule has 1 saturated carbocycles. The number of hydrogen-bond acceptors (Lipinski definition) is 4. The summed E-state index contributed by atoms with van der Waals surface area (Å²) in [7, 11) is 1.66. The lowest BCUT2D eigenvalue weighted by Crippen LogP contribution is -2.38. The molecule has 1 fully saturated rings. The fourth-order valence-corrected chi connectivity index (χ4v) is 2.83. The van der Waals surface area contributed by atoms with Crippen LogP contribution in [0.4, 0.5) is 0 Å². The molecule has 1 atom stereocenters. The molecule has 1 aliphatic rings. The molecule has 1 heterocycles. The van der Waals surface area contributed by atoms with Gasteiger partial charge in [-0.3, -0.25) is 4.79 Å². The number of rotatable bonds is 8. The van der Waals surface area contributed by atoms with Gasteiger partial charge in [-0.1, -0.05) is 6.07 Å². The topological polar surface area (TPSA) is 55.6 Å². The highest BCUT2D eigenvalue weighted by molar-refractivity contribution is 7.09. The molecule has 1 amide bonds. The third-order valence-corrected chi connectivity index (χ3v) is 4.34. The summed E-state index contributed by atoms with van der Waals surface area (Å²) in [5.41, 5.74) is 6.04. The van der Waals surface area contributed by atoms with Crippen molar-refractivity contribution < 1.29 is 9.53 Å². The van der Waals surface area contributed by atoms with E-state index in [4.69, 9.17) is 10.5 Å². The number of ether oxygens (including phenoxy) is 1. The van der Waals surface area contributed by atoms with Crippen molar-refractivity contribution in [3.05, 3.63) is 22.4 Å². The Kier molecular flexibility index (Phi) is 5.36. The number of amides is 1. The van der Waals surface area contributed by atoms with E-state index in [1.807, 2.05) is 16.3 Å². The van der Waals surface area contributed by atoms with Crippen molar-refractivity contribution in [3.63, 3.8) is 0 Å². The second-order valence-corrected chi connectivity index (χ2v) is 6.13. The molecule has 19 heavy (non-hydrogen) atoms. The summed E-state index contributed by atoms with van der Waals surface area (Å²) in [6.45, 7) is 1.86. The lowest BCUT2D eigenvalue weighted by Gasteiger charge is -2.23. The van der Waals surface area contributed by atoms with Gasteiger partial charge < -0.3 is 15.4 Å². The van der Waals surface area contributed by atoms with Crippen LogP contribution in [-0.2, 0) is 16.1 Å². The Morgan fingerprint density at radius 2 is 2.42 bits per heavy atom. The highest BCUT2D eigenvalue weighted by Gasteiger charge is 2.31. The number of carbonyl (C=O) groups excluding carboxylic acids is 1. The molecule has 0 aromatic carbocycles. The molecular weight excluding hydrogens is 260 g/mol. The van der Waals surface area contributed by atoms with E-state index in [-0.39, 0.29) is 11.9 Å². The van der Waals surface area contributed by atoms with Gasteiger partial charge in [0.05, 0.1) is 13.2 Å². The lowest BCUT2D eigenvalue weighted by molar-refractivity contribution is -0.132. The van der Waals surface area contributed by atoms with Crippen molar-refractivity contribution in [3.8, 4) is 0 Å². The Labute approximate surface area is 118 Å². The van der Waals surface area contributed by atoms with Crippen LogP contribution in [0.5, 0.6) is 0 Å². The minimum Gasteiger partial charge on any atom is -0.383 e. The van der Waals surface area contributed by atoms with Crippen LogP contribution in [0.25, 0.3) is 0 Å². The Morgan fingerprint density at radius 3 is 3.00 bits per heavy atom. The first kappa shape index (κ1) is 14.5. The number of thiophene rings is 1. The maximum atomic E-state index is 12.3. The Balaban J connectivity index is 1.89. The standard InChI is InChI=1S/C14H22N2O2S/c1-18-7-6-16(10-12-3-2-8-19-12)14(17)9-13(15)11-4-5-11/h2-3,8,11,13H,4-7,9-10,15H2,1H3. The van der Waals surface area contributed by atoms with E-state index in [1.165, 1.54) is 17.7 Å². The quantitative estimate of drug-likeness (QED) is 0.791. The van der Waals surface area contributed by atoms with Crippen LogP contribution in [0, 0.1) is 5.92 Å². The molecule has 1 aromatic rings. The first-order valence-electron chi connectivity index (χ1n) is 6.75. The number of hydrogen-bond donors (Lipinski definition) is 1. The SMILES string of the molecule is COCCN(Cc1cccs1)C(=O)CC(N)C1CC1. The van der Waals surface area contributed by atoms with Gasteiger partial charge in [0, 0.05) is 31.0 Å². The van der Waals surface area contributed by atoms with Gasteiger partial charge in [0.2, 0.25) is 5.91 Å². The van der Waals surface area contributed by atoms with Gasteiger partial charge in [0.25, 0.3) is 0 Å². The molecule has 5 heteroatoms. The fraction of sp³-hybridized carbons (Fsp3) is 0.643. The molecule has 0 radical (unpaired) electrons. The molecular formula is C14H22N2O2S. The number of nitrogens with zero attached hydrogens (tertiary/aromatic N) is 1. The van der Waals surface area contributed by atoms with Crippen LogP contribution in [-0.4, -0.2) is 37.1 Å². The summed E-state index contributed by atoms with van der Waals surface area (Å²) in [5.74, 6) is 0.708. The van der Waals surface area contributed by atoms with Gasteiger partial charge in [0.15, 0.2) is 0 Å². The predicted molar refractivity (Wildman–Crippen MR) is 76.9 cm³/mol. The highest BCUT2D eigenvalue weighted by Crippen LogP contribution is 2.33. The van der Waals surface area contributed by atoms with Crippen LogP contribution in [0.2, 0.25) is 0 Å². The lowest BCUT2D eigenvalue weighted by atomic mass is 10.1. The molecule has 4 nitrogen and oxygen atoms in total. The summed E-state index contributed by atoms with van der Waals surface area (Å²) in [6.07, 6.45) is 2.81. The third-order valence-electron chi connectivity index (χ3n) is 3.48. The molecule has 0 aliphatic heterocycles. The van der Waals surface area contributed by atoms with Gasteiger partial charge in [-0.2, -0.15) is 0 Å². The summed E-state index contributed by atoms with van der Waals surface area (Å²) in [4.78, 5) is 15.4. The average molecular weight is 282 g/mol. The van der Waals surface area contributed by atoms with Crippen LogP contribution in [0.3, 0.4) is 0 Å². The largest absolute Gasteiger partial charge is 0.383 e. The van der Waals surface area contributed by atoms with Crippen molar-refractivity contribution in [2.24, 2.45) is 11.7 Å². The van der Waals surface area contributed by atoms with E-state index in [9.17, 15) is 4.79 Å². The molecule has 1 aliphatic carbocycles. The van der Waals surface area contributed by atoms with Crippen LogP contribution in [0.1, 0.15) is 24.1 Å². The van der Waals surface area contributed by atoms with Gasteiger partial charge in [-0.25, -0.2) is 0 Å². The minimum atomic E-state index is 0.0286. The number of methoxy groups -OCH3 is 1. The van der Waals surface area contributed by atoms with Crippen molar-refractivity contribution in [1.29, 1.82) is 0 Å². The molecule has 0 bridgehead atoms. The predicted octanol–water partition coefficient (Wildman–Crippen LogP) is 1.85. The molecule has 0 saturated heterocycles. The monoisotopic (exact) mass is 282 g/mol. The molecule has 0 spiro atoms. The Bertz CT molecular complexity index is 390. The third kappa shape index (κ3) is 4.60. The van der Waals surface area contributed by atoms with E-state index in [0.29, 0.717) is 32.0 Å². The van der Waals surface area contributed by atoms with Crippen molar-refractivity contribution in [2.75, 3.05) is 20.3 Å². The van der Waals surface area contributed by atoms with Crippen LogP contribution < -0.4 is 5.73 Å². The van der Waals surface area contributed by atoms with E-state index in [0.717, 1.165) is 0 Å². The summed E-state index contributed by atoms with van der Waals surface area (Å²) >= 11 is 1.67.